The summed E-state index contributed by atoms with van der Waals surface area (Å²) < 4.78 is 0. The Hall–Kier alpha value is -2.65. The number of carbonyl (C=O) groups is 1. The predicted octanol–water partition coefficient (Wildman–Crippen LogP) is 3.34. The highest BCUT2D eigenvalue weighted by atomic mass is 16.3. The number of hydrogen-bond acceptors (Lipinski definition) is 4. The van der Waals surface area contributed by atoms with Crippen LogP contribution in [0.15, 0.2) is 54.6 Å². The van der Waals surface area contributed by atoms with Crippen LogP contribution in [0.5, 0.6) is 0 Å². The zero-order chi connectivity index (χ0) is 24.3. The van der Waals surface area contributed by atoms with Crippen molar-refractivity contribution in [3.8, 4) is 11.8 Å². The molecule has 1 amide bonds. The number of carbonyl (C=O) groups excluding carboxylic acids is 1. The lowest BCUT2D eigenvalue weighted by Gasteiger charge is -2.57. The maximum absolute atomic E-state index is 13.2. The largest absolute Gasteiger partial charge is 0.395 e. The third-order valence-corrected chi connectivity index (χ3v) is 8.09. The summed E-state index contributed by atoms with van der Waals surface area (Å²) in [4.78, 5) is 17.6. The minimum Gasteiger partial charge on any atom is -0.395 e. The first-order valence-electron chi connectivity index (χ1n) is 13.1. The number of nitrogens with zero attached hydrogens (tertiary/aromatic N) is 2. The summed E-state index contributed by atoms with van der Waals surface area (Å²) in [5.74, 6) is 6.61. The van der Waals surface area contributed by atoms with Gasteiger partial charge in [0.25, 0.3) is 0 Å². The fourth-order valence-electron chi connectivity index (χ4n) is 6.11. The molecule has 0 aromatic heterocycles. The van der Waals surface area contributed by atoms with Gasteiger partial charge in [0.05, 0.1) is 13.0 Å². The monoisotopic (exact) mass is 472 g/mol. The Bertz CT molecular complexity index is 1070. The summed E-state index contributed by atoms with van der Waals surface area (Å²) >= 11 is 0. The van der Waals surface area contributed by atoms with Gasteiger partial charge in [-0.3, -0.25) is 9.69 Å². The molecular weight excluding hydrogens is 436 g/mol. The van der Waals surface area contributed by atoms with E-state index < -0.39 is 5.60 Å². The molecule has 2 aromatic carbocycles. The number of aliphatic hydroxyl groups is 2. The van der Waals surface area contributed by atoms with Gasteiger partial charge in [0.1, 0.15) is 5.60 Å². The molecule has 3 aliphatic rings. The maximum Gasteiger partial charge on any atom is 0.227 e. The number of amides is 1. The minimum absolute atomic E-state index is 0.0836. The van der Waals surface area contributed by atoms with Gasteiger partial charge >= 0.3 is 0 Å². The SMILES string of the molecule is O=C(Cc1ccccc1)N1CCCCN2[C@H](CO)[C@H](c3ccc(C#CC4(O)CCCC4)cc3)[C@@H]2C1. The molecule has 184 valence electrons. The zero-order valence-electron chi connectivity index (χ0n) is 20.4. The van der Waals surface area contributed by atoms with Crippen molar-refractivity contribution < 1.29 is 15.0 Å². The molecular formula is C30H36N2O3. The fraction of sp³-hybridized carbons (Fsp3) is 0.500. The molecule has 2 heterocycles. The van der Waals surface area contributed by atoms with Gasteiger partial charge in [-0.1, -0.05) is 54.3 Å². The summed E-state index contributed by atoms with van der Waals surface area (Å²) in [7, 11) is 0. The Morgan fingerprint density at radius 1 is 0.971 bits per heavy atom. The van der Waals surface area contributed by atoms with Gasteiger partial charge in [0.15, 0.2) is 0 Å². The molecule has 5 heteroatoms. The lowest BCUT2D eigenvalue weighted by atomic mass is 9.74. The molecule has 35 heavy (non-hydrogen) atoms. The van der Waals surface area contributed by atoms with Gasteiger partial charge in [-0.25, -0.2) is 0 Å². The molecule has 1 saturated carbocycles. The normalized spacial score (nSPS) is 26.0. The van der Waals surface area contributed by atoms with Gasteiger partial charge < -0.3 is 15.1 Å². The molecule has 0 unspecified atom stereocenters. The average molecular weight is 473 g/mol. The molecule has 5 rings (SSSR count). The topological polar surface area (TPSA) is 64.0 Å². The Morgan fingerprint density at radius 2 is 1.69 bits per heavy atom. The number of fused-ring (bicyclic) bond motifs is 1. The van der Waals surface area contributed by atoms with E-state index in [1.807, 2.05) is 47.4 Å². The first kappa shape index (κ1) is 24.1. The molecule has 5 nitrogen and oxygen atoms in total. The van der Waals surface area contributed by atoms with E-state index in [1.54, 1.807) is 0 Å². The predicted molar refractivity (Wildman–Crippen MR) is 137 cm³/mol. The van der Waals surface area contributed by atoms with E-state index in [-0.39, 0.29) is 30.5 Å². The van der Waals surface area contributed by atoms with Crippen molar-refractivity contribution in [3.63, 3.8) is 0 Å². The molecule has 0 spiro atoms. The minimum atomic E-state index is -0.830. The molecule has 2 aromatic rings. The van der Waals surface area contributed by atoms with Gasteiger partial charge in [-0.2, -0.15) is 0 Å². The van der Waals surface area contributed by atoms with E-state index in [1.165, 1.54) is 5.56 Å². The lowest BCUT2D eigenvalue weighted by molar-refractivity contribution is -0.135. The summed E-state index contributed by atoms with van der Waals surface area (Å²) in [5.41, 5.74) is 2.31. The summed E-state index contributed by atoms with van der Waals surface area (Å²) in [6.45, 7) is 2.58. The van der Waals surface area contributed by atoms with Gasteiger partial charge in [0, 0.05) is 36.7 Å². The van der Waals surface area contributed by atoms with Crippen LogP contribution in [0.25, 0.3) is 0 Å². The molecule has 2 N–H and O–H groups in total. The van der Waals surface area contributed by atoms with Crippen LogP contribution in [0.4, 0.5) is 0 Å². The Morgan fingerprint density at radius 3 is 2.40 bits per heavy atom. The number of benzene rings is 2. The number of rotatable bonds is 4. The fourth-order valence-corrected chi connectivity index (χ4v) is 6.11. The number of hydrogen-bond donors (Lipinski definition) is 2. The number of aliphatic hydroxyl groups excluding tert-OH is 1. The van der Waals surface area contributed by atoms with E-state index in [4.69, 9.17) is 0 Å². The first-order chi connectivity index (χ1) is 17.1. The highest BCUT2D eigenvalue weighted by molar-refractivity contribution is 5.78. The highest BCUT2D eigenvalue weighted by Crippen LogP contribution is 2.42. The molecule has 1 aliphatic carbocycles. The van der Waals surface area contributed by atoms with Crippen LogP contribution in [0, 0.1) is 11.8 Å². The van der Waals surface area contributed by atoms with E-state index in [0.29, 0.717) is 13.0 Å². The van der Waals surface area contributed by atoms with Crippen LogP contribution < -0.4 is 0 Å². The molecule has 3 fully saturated rings. The quantitative estimate of drug-likeness (QED) is 0.670. The Kier molecular flexibility index (Phi) is 7.24. The Balaban J connectivity index is 1.31. The van der Waals surface area contributed by atoms with Crippen molar-refractivity contribution >= 4 is 5.91 Å². The van der Waals surface area contributed by atoms with Crippen LogP contribution in [0.3, 0.4) is 0 Å². The summed E-state index contributed by atoms with van der Waals surface area (Å²) in [6, 6.07) is 18.5. The van der Waals surface area contributed by atoms with Crippen molar-refractivity contribution in [3.05, 3.63) is 71.3 Å². The van der Waals surface area contributed by atoms with Crippen molar-refractivity contribution in [1.29, 1.82) is 0 Å². The molecule has 2 aliphatic heterocycles. The highest BCUT2D eigenvalue weighted by Gasteiger charge is 2.49. The van der Waals surface area contributed by atoms with E-state index in [2.05, 4.69) is 28.9 Å². The second-order valence-corrected chi connectivity index (χ2v) is 10.4. The molecule has 2 saturated heterocycles. The smallest absolute Gasteiger partial charge is 0.227 e. The molecule has 0 radical (unpaired) electrons. The van der Waals surface area contributed by atoms with Crippen LogP contribution in [0.2, 0.25) is 0 Å². The summed E-state index contributed by atoms with van der Waals surface area (Å²) in [6.07, 6.45) is 6.05. The van der Waals surface area contributed by atoms with Gasteiger partial charge in [-0.15, -0.1) is 0 Å². The maximum atomic E-state index is 13.2. The van der Waals surface area contributed by atoms with Crippen molar-refractivity contribution in [2.24, 2.45) is 0 Å². The van der Waals surface area contributed by atoms with Crippen LogP contribution >= 0.6 is 0 Å². The van der Waals surface area contributed by atoms with Crippen molar-refractivity contribution in [2.75, 3.05) is 26.2 Å². The Labute approximate surface area is 208 Å². The van der Waals surface area contributed by atoms with Crippen molar-refractivity contribution in [1.82, 2.24) is 9.80 Å². The molecule has 3 atom stereocenters. The van der Waals surface area contributed by atoms with Crippen LogP contribution in [-0.2, 0) is 11.2 Å². The van der Waals surface area contributed by atoms with E-state index in [0.717, 1.165) is 62.7 Å². The van der Waals surface area contributed by atoms with Crippen LogP contribution in [0.1, 0.15) is 61.1 Å². The van der Waals surface area contributed by atoms with Crippen LogP contribution in [-0.4, -0.2) is 69.8 Å². The molecule has 0 bridgehead atoms. The lowest BCUT2D eigenvalue weighted by Crippen LogP contribution is -2.68. The first-order valence-corrected chi connectivity index (χ1v) is 13.1. The van der Waals surface area contributed by atoms with Gasteiger partial charge in [0.2, 0.25) is 5.91 Å². The third-order valence-electron chi connectivity index (χ3n) is 8.09. The van der Waals surface area contributed by atoms with Gasteiger partial charge in [-0.05, 0) is 68.3 Å². The van der Waals surface area contributed by atoms with E-state index >= 15 is 0 Å². The summed E-state index contributed by atoms with van der Waals surface area (Å²) in [5, 5.41) is 20.7. The second-order valence-electron chi connectivity index (χ2n) is 10.4. The van der Waals surface area contributed by atoms with E-state index in [9.17, 15) is 15.0 Å². The average Bonchev–Trinajstić information content (AvgIpc) is 3.30. The third kappa shape index (κ3) is 5.30. The van der Waals surface area contributed by atoms with Crippen molar-refractivity contribution in [2.45, 2.75) is 68.5 Å². The second kappa shape index (κ2) is 10.5. The zero-order valence-corrected chi connectivity index (χ0v) is 20.4. The standard InChI is InChI=1S/C30H36N2O3/c33-22-27-29(25-12-10-23(11-13-25)14-17-30(35)15-4-5-16-30)26-21-31(18-6-7-19-32(26)27)28(34)20-24-8-2-1-3-9-24/h1-3,8-13,26-27,29,33,35H,4-7,15-16,18-22H2/t26-,27+,29+/m0/s1.